The van der Waals surface area contributed by atoms with E-state index in [1.807, 2.05) is 24.3 Å². The maximum atomic E-state index is 12.7. The summed E-state index contributed by atoms with van der Waals surface area (Å²) in [6.07, 6.45) is 2.82. The molecular weight excluding hydrogens is 352 g/mol. The van der Waals surface area contributed by atoms with E-state index < -0.39 is 11.2 Å². The molecule has 0 fully saturated rings. The predicted molar refractivity (Wildman–Crippen MR) is 105 cm³/mol. The van der Waals surface area contributed by atoms with Gasteiger partial charge in [0.25, 0.3) is 0 Å². The maximum absolute atomic E-state index is 12.7. The molecule has 4 nitrogen and oxygen atoms in total. The molecule has 4 aliphatic rings. The van der Waals surface area contributed by atoms with E-state index in [1.54, 1.807) is 13.8 Å². The second kappa shape index (κ2) is 5.62. The summed E-state index contributed by atoms with van der Waals surface area (Å²) in [6, 6.07) is 8.11. The minimum Gasteiger partial charge on any atom is -0.385 e. The number of fused-ring (bicyclic) bond motifs is 4. The van der Waals surface area contributed by atoms with Gasteiger partial charge in [-0.2, -0.15) is 0 Å². The van der Waals surface area contributed by atoms with Crippen LogP contribution in [0.2, 0.25) is 0 Å². The van der Waals surface area contributed by atoms with Gasteiger partial charge < -0.3 is 10.2 Å². The van der Waals surface area contributed by atoms with Gasteiger partial charge >= 0.3 is 0 Å². The van der Waals surface area contributed by atoms with Gasteiger partial charge in [0.2, 0.25) is 0 Å². The van der Waals surface area contributed by atoms with Crippen LogP contribution in [0.25, 0.3) is 0 Å². The van der Waals surface area contributed by atoms with Crippen molar-refractivity contribution in [2.45, 2.75) is 63.6 Å². The molecule has 2 N–H and O–H groups in total. The van der Waals surface area contributed by atoms with Crippen LogP contribution in [0, 0.1) is 0 Å². The van der Waals surface area contributed by atoms with Gasteiger partial charge in [-0.3, -0.25) is 9.59 Å². The molecule has 0 spiro atoms. The quantitative estimate of drug-likeness (QED) is 0.741. The second-order valence-corrected chi connectivity index (χ2v) is 9.02. The third-order valence-corrected chi connectivity index (χ3v) is 6.73. The van der Waals surface area contributed by atoms with Crippen LogP contribution in [0.5, 0.6) is 0 Å². The lowest BCUT2D eigenvalue weighted by Crippen LogP contribution is -2.21. The Labute approximate surface area is 164 Å². The smallest absolute Gasteiger partial charge is 0.166 e. The van der Waals surface area contributed by atoms with Crippen molar-refractivity contribution >= 4 is 11.6 Å². The summed E-state index contributed by atoms with van der Waals surface area (Å²) in [6.45, 7) is 3.45. The number of hydrogen-bond acceptors (Lipinski definition) is 4. The van der Waals surface area contributed by atoms with Gasteiger partial charge in [0.15, 0.2) is 11.6 Å². The number of hydrogen-bond donors (Lipinski definition) is 2. The number of aliphatic hydroxyl groups is 2. The van der Waals surface area contributed by atoms with Crippen molar-refractivity contribution in [2.24, 2.45) is 0 Å². The van der Waals surface area contributed by atoms with E-state index in [9.17, 15) is 19.8 Å². The molecule has 0 unspecified atom stereocenters. The van der Waals surface area contributed by atoms with E-state index >= 15 is 0 Å². The molecule has 2 atom stereocenters. The molecule has 144 valence electrons. The number of carbonyl (C=O) groups is 2. The van der Waals surface area contributed by atoms with Gasteiger partial charge in [0.05, 0.1) is 11.2 Å². The number of carbonyl (C=O) groups excluding carboxylic acids is 2. The zero-order chi connectivity index (χ0) is 19.8. The van der Waals surface area contributed by atoms with E-state index in [4.69, 9.17) is 0 Å². The molecule has 0 radical (unpaired) electrons. The Morgan fingerprint density at radius 3 is 1.36 bits per heavy atom. The monoisotopic (exact) mass is 376 g/mol. The number of aryl methyl sites for hydroxylation is 4. The molecule has 2 aromatic carbocycles. The van der Waals surface area contributed by atoms with Crippen LogP contribution >= 0.6 is 0 Å². The molecule has 0 amide bonds. The molecular formula is C24H24O4. The minimum atomic E-state index is -1.13. The first-order valence-electron chi connectivity index (χ1n) is 10.0. The SMILES string of the molecule is C[C@]1(O)CC(=O)c2c3ccc(c21)CCc1ccc(c2c1C(=O)C[C@]2(C)O)CC3. The highest BCUT2D eigenvalue weighted by atomic mass is 16.3. The third kappa shape index (κ3) is 2.38. The standard InChI is InChI=1S/C24H24O4/c1-23(27)11-17(25)19-13-3-7-15(21(19)23)9-5-14-4-8-16(10-6-13)22-20(14)18(26)12-24(22,2)28/h3-4,7-8,27-28H,5-6,9-12H2,1-2H3/t23-,24-/m0/s1. The number of benzene rings is 2. The van der Waals surface area contributed by atoms with Gasteiger partial charge in [-0.15, -0.1) is 0 Å². The Bertz CT molecular complexity index is 973. The Balaban J connectivity index is 1.71. The summed E-state index contributed by atoms with van der Waals surface area (Å²) in [4.78, 5) is 25.4. The second-order valence-electron chi connectivity index (χ2n) is 9.02. The van der Waals surface area contributed by atoms with Gasteiger partial charge in [0.1, 0.15) is 0 Å². The Morgan fingerprint density at radius 1 is 0.643 bits per heavy atom. The van der Waals surface area contributed by atoms with Crippen LogP contribution in [0.4, 0.5) is 0 Å². The first-order valence-corrected chi connectivity index (χ1v) is 10.0. The highest BCUT2D eigenvalue weighted by Gasteiger charge is 2.43. The van der Waals surface area contributed by atoms with E-state index in [1.165, 1.54) is 0 Å². The summed E-state index contributed by atoms with van der Waals surface area (Å²) >= 11 is 0. The average molecular weight is 376 g/mol. The van der Waals surface area contributed by atoms with E-state index in [0.29, 0.717) is 36.8 Å². The predicted octanol–water partition coefficient (Wildman–Crippen LogP) is 3.16. The lowest BCUT2D eigenvalue weighted by atomic mass is 9.83. The first kappa shape index (κ1) is 17.8. The fraction of sp³-hybridized carbons (Fsp3) is 0.417. The summed E-state index contributed by atoms with van der Waals surface area (Å²) in [5.74, 6) is 0.0189. The molecule has 2 aromatic rings. The maximum Gasteiger partial charge on any atom is 0.166 e. The van der Waals surface area contributed by atoms with E-state index in [-0.39, 0.29) is 24.4 Å². The molecule has 28 heavy (non-hydrogen) atoms. The van der Waals surface area contributed by atoms with Crippen LogP contribution in [-0.4, -0.2) is 21.8 Å². The van der Waals surface area contributed by atoms with Crippen LogP contribution in [0.15, 0.2) is 24.3 Å². The van der Waals surface area contributed by atoms with Crippen LogP contribution < -0.4 is 0 Å². The fourth-order valence-corrected chi connectivity index (χ4v) is 5.60. The molecule has 6 rings (SSSR count). The van der Waals surface area contributed by atoms with Crippen LogP contribution in [-0.2, 0) is 36.9 Å². The minimum absolute atomic E-state index is 0.00945. The summed E-state index contributed by atoms with van der Waals surface area (Å²) < 4.78 is 0. The lowest BCUT2D eigenvalue weighted by molar-refractivity contribution is 0.0516. The average Bonchev–Trinajstić information content (AvgIpc) is 2.99. The topological polar surface area (TPSA) is 74.6 Å². The molecule has 0 saturated heterocycles. The number of Topliss-reactive ketones (excluding diaryl/α,β-unsaturated/α-hetero) is 2. The van der Waals surface area contributed by atoms with Crippen molar-refractivity contribution in [1.29, 1.82) is 0 Å². The van der Waals surface area contributed by atoms with Crippen molar-refractivity contribution in [3.8, 4) is 0 Å². The van der Waals surface area contributed by atoms with Crippen LogP contribution in [0.3, 0.4) is 0 Å². The van der Waals surface area contributed by atoms with Gasteiger partial charge in [-0.1, -0.05) is 24.3 Å². The molecule has 0 aromatic heterocycles. The van der Waals surface area contributed by atoms with Gasteiger partial charge in [-0.05, 0) is 72.9 Å². The zero-order valence-electron chi connectivity index (χ0n) is 16.3. The van der Waals surface area contributed by atoms with Crippen LogP contribution in [0.1, 0.15) is 80.8 Å². The highest BCUT2D eigenvalue weighted by molar-refractivity contribution is 6.04. The summed E-state index contributed by atoms with van der Waals surface area (Å²) in [5.41, 5.74) is 4.52. The zero-order valence-corrected chi connectivity index (χ0v) is 16.3. The summed E-state index contributed by atoms with van der Waals surface area (Å²) in [7, 11) is 0. The summed E-state index contributed by atoms with van der Waals surface area (Å²) in [5, 5.41) is 21.8. The lowest BCUT2D eigenvalue weighted by Gasteiger charge is -2.24. The normalized spacial score (nSPS) is 28.3. The van der Waals surface area contributed by atoms with Crippen molar-refractivity contribution < 1.29 is 19.8 Å². The Hall–Kier alpha value is -2.30. The Kier molecular flexibility index (Phi) is 3.57. The van der Waals surface area contributed by atoms with E-state index in [2.05, 4.69) is 0 Å². The van der Waals surface area contributed by atoms with Crippen molar-refractivity contribution in [1.82, 2.24) is 0 Å². The van der Waals surface area contributed by atoms with E-state index in [0.717, 1.165) is 33.4 Å². The van der Waals surface area contributed by atoms with Crippen molar-refractivity contribution in [2.75, 3.05) is 0 Å². The third-order valence-electron chi connectivity index (χ3n) is 6.73. The largest absolute Gasteiger partial charge is 0.385 e. The molecule has 4 bridgehead atoms. The molecule has 0 aliphatic heterocycles. The molecule has 4 aliphatic carbocycles. The Morgan fingerprint density at radius 2 is 0.964 bits per heavy atom. The first-order chi connectivity index (χ1) is 13.2. The number of ketones is 2. The van der Waals surface area contributed by atoms with Crippen molar-refractivity contribution in [3.05, 3.63) is 68.8 Å². The van der Waals surface area contributed by atoms with Crippen molar-refractivity contribution in [3.63, 3.8) is 0 Å². The molecule has 4 heteroatoms. The molecule has 0 heterocycles. The number of rotatable bonds is 0. The highest BCUT2D eigenvalue weighted by Crippen LogP contribution is 2.44. The van der Waals surface area contributed by atoms with Gasteiger partial charge in [-0.25, -0.2) is 0 Å². The molecule has 0 saturated carbocycles. The fourth-order valence-electron chi connectivity index (χ4n) is 5.60. The van der Waals surface area contributed by atoms with Gasteiger partial charge in [0, 0.05) is 24.0 Å².